The summed E-state index contributed by atoms with van der Waals surface area (Å²) < 4.78 is 13.8. The number of rotatable bonds is 4. The number of likely N-dealkylation sites (tertiary alicyclic amines) is 1. The van der Waals surface area contributed by atoms with E-state index in [2.05, 4.69) is 5.32 Å². The third-order valence-electron chi connectivity index (χ3n) is 3.47. The van der Waals surface area contributed by atoms with Crippen LogP contribution in [0.3, 0.4) is 0 Å². The largest absolute Gasteiger partial charge is 0.334 e. The van der Waals surface area contributed by atoms with E-state index in [4.69, 9.17) is 0 Å². The molecule has 2 rings (SSSR count). The maximum absolute atomic E-state index is 13.8. The summed E-state index contributed by atoms with van der Waals surface area (Å²) in [6, 6.07) is 3.04. The van der Waals surface area contributed by atoms with Crippen molar-refractivity contribution in [3.63, 3.8) is 0 Å². The molecule has 1 saturated heterocycles. The number of non-ortho nitro benzene ring substituents is 1. The zero-order valence-corrected chi connectivity index (χ0v) is 11.1. The number of halogens is 1. The second kappa shape index (κ2) is 5.96. The molecule has 0 spiro atoms. The zero-order chi connectivity index (χ0) is 14.7. The van der Waals surface area contributed by atoms with Gasteiger partial charge in [-0.15, -0.1) is 0 Å². The molecule has 7 heteroatoms. The van der Waals surface area contributed by atoms with Gasteiger partial charge in [0.15, 0.2) is 0 Å². The van der Waals surface area contributed by atoms with Gasteiger partial charge in [0.25, 0.3) is 11.6 Å². The number of nitro benzene ring substituents is 1. The van der Waals surface area contributed by atoms with E-state index < -0.39 is 16.6 Å². The van der Waals surface area contributed by atoms with Crippen LogP contribution < -0.4 is 5.32 Å². The molecule has 6 nitrogen and oxygen atoms in total. The molecule has 0 radical (unpaired) electrons. The molecule has 1 amide bonds. The lowest BCUT2D eigenvalue weighted by atomic mass is 10.1. The molecule has 0 aromatic heterocycles. The van der Waals surface area contributed by atoms with E-state index in [0.29, 0.717) is 13.1 Å². The number of likely N-dealkylation sites (N-methyl/N-ethyl adjacent to an activating group) is 1. The predicted octanol–water partition coefficient (Wildman–Crippen LogP) is 1.56. The van der Waals surface area contributed by atoms with Gasteiger partial charge in [-0.2, -0.15) is 0 Å². The second-order valence-electron chi connectivity index (χ2n) is 4.77. The molecule has 1 aromatic rings. The minimum Gasteiger partial charge on any atom is -0.334 e. The van der Waals surface area contributed by atoms with Gasteiger partial charge in [-0.05, 0) is 26.0 Å². The number of hydrogen-bond acceptors (Lipinski definition) is 4. The Morgan fingerprint density at radius 3 is 3.00 bits per heavy atom. The van der Waals surface area contributed by atoms with Crippen LogP contribution in [0.5, 0.6) is 0 Å². The van der Waals surface area contributed by atoms with E-state index in [-0.39, 0.29) is 17.3 Å². The van der Waals surface area contributed by atoms with Crippen LogP contribution >= 0.6 is 0 Å². The first-order chi connectivity index (χ1) is 9.54. The number of amides is 1. The molecule has 1 N–H and O–H groups in total. The Morgan fingerprint density at radius 2 is 2.35 bits per heavy atom. The number of carbonyl (C=O) groups excluding carboxylic acids is 1. The van der Waals surface area contributed by atoms with Crippen molar-refractivity contribution in [2.24, 2.45) is 0 Å². The van der Waals surface area contributed by atoms with Gasteiger partial charge in [0.05, 0.1) is 10.5 Å². The smallest absolute Gasteiger partial charge is 0.270 e. The molecule has 0 aliphatic carbocycles. The highest BCUT2D eigenvalue weighted by atomic mass is 19.1. The van der Waals surface area contributed by atoms with Crippen LogP contribution in [-0.4, -0.2) is 41.9 Å². The van der Waals surface area contributed by atoms with Crippen LogP contribution in [-0.2, 0) is 0 Å². The number of nitrogens with one attached hydrogen (secondary N) is 1. The monoisotopic (exact) mass is 281 g/mol. The lowest BCUT2D eigenvalue weighted by Crippen LogP contribution is -2.41. The molecule has 1 aromatic carbocycles. The molecule has 108 valence electrons. The fraction of sp³-hybridized carbons (Fsp3) is 0.462. The molecule has 0 saturated carbocycles. The lowest BCUT2D eigenvalue weighted by Gasteiger charge is -2.24. The number of nitro groups is 1. The standard InChI is InChI=1S/C13H16FN3O3/c1-15-8-10-3-2-6-16(10)13(18)11-7-9(17(19)20)4-5-12(11)14/h4-5,7,10,15H,2-3,6,8H2,1H3. The third kappa shape index (κ3) is 2.77. The van der Waals surface area contributed by atoms with Crippen LogP contribution in [0.4, 0.5) is 10.1 Å². The van der Waals surface area contributed by atoms with Crippen LogP contribution in [0.2, 0.25) is 0 Å². The van der Waals surface area contributed by atoms with Gasteiger partial charge < -0.3 is 10.2 Å². The summed E-state index contributed by atoms with van der Waals surface area (Å²) in [5.74, 6) is -1.21. The maximum atomic E-state index is 13.8. The van der Waals surface area contributed by atoms with Crippen LogP contribution in [0.25, 0.3) is 0 Å². The summed E-state index contributed by atoms with van der Waals surface area (Å²) >= 11 is 0. The van der Waals surface area contributed by atoms with E-state index in [9.17, 15) is 19.3 Å². The van der Waals surface area contributed by atoms with Gasteiger partial charge in [-0.1, -0.05) is 0 Å². The summed E-state index contributed by atoms with van der Waals surface area (Å²) in [7, 11) is 1.79. The Hall–Kier alpha value is -2.02. The minimum absolute atomic E-state index is 0.00571. The van der Waals surface area contributed by atoms with E-state index in [1.807, 2.05) is 0 Å². The Balaban J connectivity index is 2.28. The molecule has 20 heavy (non-hydrogen) atoms. The average molecular weight is 281 g/mol. The van der Waals surface area contributed by atoms with Crippen molar-refractivity contribution in [1.82, 2.24) is 10.2 Å². The second-order valence-corrected chi connectivity index (χ2v) is 4.77. The fourth-order valence-electron chi connectivity index (χ4n) is 2.50. The van der Waals surface area contributed by atoms with Crippen LogP contribution in [0.15, 0.2) is 18.2 Å². The molecular formula is C13H16FN3O3. The summed E-state index contributed by atoms with van der Waals surface area (Å²) in [6.45, 7) is 1.18. The maximum Gasteiger partial charge on any atom is 0.270 e. The molecule has 1 unspecified atom stereocenters. The first-order valence-corrected chi connectivity index (χ1v) is 6.44. The zero-order valence-electron chi connectivity index (χ0n) is 11.1. The minimum atomic E-state index is -0.726. The van der Waals surface area contributed by atoms with Crippen molar-refractivity contribution >= 4 is 11.6 Å². The Morgan fingerprint density at radius 1 is 1.60 bits per heavy atom. The van der Waals surface area contributed by atoms with E-state index in [1.165, 1.54) is 0 Å². The van der Waals surface area contributed by atoms with Gasteiger partial charge in [-0.25, -0.2) is 4.39 Å². The molecule has 1 aliphatic rings. The summed E-state index contributed by atoms with van der Waals surface area (Å²) in [5.41, 5.74) is -0.513. The Labute approximate surface area is 115 Å². The van der Waals surface area contributed by atoms with Crippen molar-refractivity contribution in [2.75, 3.05) is 20.1 Å². The van der Waals surface area contributed by atoms with Crippen molar-refractivity contribution < 1.29 is 14.1 Å². The van der Waals surface area contributed by atoms with Crippen LogP contribution in [0.1, 0.15) is 23.2 Å². The van der Waals surface area contributed by atoms with Crippen LogP contribution in [0, 0.1) is 15.9 Å². The van der Waals surface area contributed by atoms with Gasteiger partial charge in [0.1, 0.15) is 5.82 Å². The topological polar surface area (TPSA) is 75.5 Å². The highest BCUT2D eigenvalue weighted by molar-refractivity contribution is 5.95. The normalized spacial score (nSPS) is 18.3. The average Bonchev–Trinajstić information content (AvgIpc) is 2.87. The van der Waals surface area contributed by atoms with Gasteiger partial charge >= 0.3 is 0 Å². The predicted molar refractivity (Wildman–Crippen MR) is 71.0 cm³/mol. The summed E-state index contributed by atoms with van der Waals surface area (Å²) in [5, 5.41) is 13.7. The quantitative estimate of drug-likeness (QED) is 0.671. The highest BCUT2D eigenvalue weighted by Gasteiger charge is 2.31. The first-order valence-electron chi connectivity index (χ1n) is 6.44. The molecule has 1 aliphatic heterocycles. The Bertz CT molecular complexity index is 536. The summed E-state index contributed by atoms with van der Waals surface area (Å²) in [4.78, 5) is 24.0. The lowest BCUT2D eigenvalue weighted by molar-refractivity contribution is -0.384. The van der Waals surface area contributed by atoms with E-state index in [0.717, 1.165) is 31.0 Å². The van der Waals surface area contributed by atoms with E-state index in [1.54, 1.807) is 11.9 Å². The van der Waals surface area contributed by atoms with Gasteiger partial charge in [0, 0.05) is 31.3 Å². The number of carbonyl (C=O) groups is 1. The SMILES string of the molecule is CNCC1CCCN1C(=O)c1cc([N+](=O)[O-])ccc1F. The van der Waals surface area contributed by atoms with Gasteiger partial charge in [-0.3, -0.25) is 14.9 Å². The molecule has 1 atom stereocenters. The van der Waals surface area contributed by atoms with Crippen molar-refractivity contribution in [1.29, 1.82) is 0 Å². The summed E-state index contributed by atoms with van der Waals surface area (Å²) in [6.07, 6.45) is 1.71. The molecule has 1 heterocycles. The highest BCUT2D eigenvalue weighted by Crippen LogP contribution is 2.23. The van der Waals surface area contributed by atoms with E-state index >= 15 is 0 Å². The van der Waals surface area contributed by atoms with Crippen molar-refractivity contribution in [3.05, 3.63) is 39.7 Å². The number of nitrogens with zero attached hydrogens (tertiary/aromatic N) is 2. The number of benzene rings is 1. The molecule has 0 bridgehead atoms. The fourth-order valence-corrected chi connectivity index (χ4v) is 2.50. The first kappa shape index (κ1) is 14.4. The molecular weight excluding hydrogens is 265 g/mol. The third-order valence-corrected chi connectivity index (χ3v) is 3.47. The Kier molecular flexibility index (Phi) is 4.29. The number of hydrogen-bond donors (Lipinski definition) is 1. The van der Waals surface area contributed by atoms with Crippen molar-refractivity contribution in [3.8, 4) is 0 Å². The van der Waals surface area contributed by atoms with Gasteiger partial charge in [0.2, 0.25) is 0 Å². The van der Waals surface area contributed by atoms with Crippen molar-refractivity contribution in [2.45, 2.75) is 18.9 Å². The molecule has 1 fully saturated rings.